The molecule has 2 heterocycles. The third-order valence-electron chi connectivity index (χ3n) is 3.07. The highest BCUT2D eigenvalue weighted by Gasteiger charge is 2.00. The van der Waals surface area contributed by atoms with Crippen molar-refractivity contribution in [3.63, 3.8) is 0 Å². The van der Waals surface area contributed by atoms with Crippen LogP contribution in [0.4, 0.5) is 11.4 Å². The predicted molar refractivity (Wildman–Crippen MR) is 87.8 cm³/mol. The summed E-state index contributed by atoms with van der Waals surface area (Å²) in [5.74, 6) is 3.16. The number of hydrogen-bond acceptors (Lipinski definition) is 4. The minimum Gasteiger partial charge on any atom is -0.460 e. The van der Waals surface area contributed by atoms with Gasteiger partial charge in [-0.15, -0.1) is 0 Å². The normalized spacial score (nSPS) is 11.7. The van der Waals surface area contributed by atoms with E-state index in [0.717, 1.165) is 34.4 Å². The molecule has 4 heteroatoms. The van der Waals surface area contributed by atoms with Crippen molar-refractivity contribution >= 4 is 23.8 Å². The summed E-state index contributed by atoms with van der Waals surface area (Å²) in [6, 6.07) is 15.3. The van der Waals surface area contributed by atoms with Gasteiger partial charge in [0.1, 0.15) is 23.0 Å². The summed E-state index contributed by atoms with van der Waals surface area (Å²) < 4.78 is 10.9. The van der Waals surface area contributed by atoms with E-state index in [1.807, 2.05) is 62.4 Å². The van der Waals surface area contributed by atoms with Gasteiger partial charge in [0.15, 0.2) is 0 Å². The second-order valence-corrected chi connectivity index (χ2v) is 4.90. The summed E-state index contributed by atoms with van der Waals surface area (Å²) in [7, 11) is 0. The highest BCUT2D eigenvalue weighted by molar-refractivity contribution is 5.84. The van der Waals surface area contributed by atoms with Crippen LogP contribution in [0.3, 0.4) is 0 Å². The van der Waals surface area contributed by atoms with E-state index >= 15 is 0 Å². The van der Waals surface area contributed by atoms with Crippen LogP contribution in [-0.2, 0) is 0 Å². The maximum absolute atomic E-state index is 5.47. The molecule has 0 radical (unpaired) electrons. The molecule has 0 spiro atoms. The maximum Gasteiger partial charge on any atom is 0.145 e. The Hall–Kier alpha value is -2.88. The van der Waals surface area contributed by atoms with Crippen LogP contribution < -0.4 is 0 Å². The van der Waals surface area contributed by atoms with Gasteiger partial charge in [0.05, 0.1) is 23.8 Å². The summed E-state index contributed by atoms with van der Waals surface area (Å²) in [5, 5.41) is 0. The van der Waals surface area contributed by atoms with Crippen molar-refractivity contribution in [2.75, 3.05) is 0 Å². The Morgan fingerprint density at radius 3 is 1.50 bits per heavy atom. The largest absolute Gasteiger partial charge is 0.460 e. The molecule has 110 valence electrons. The molecule has 3 aromatic rings. The Morgan fingerprint density at radius 2 is 1.14 bits per heavy atom. The first-order valence-electron chi connectivity index (χ1n) is 7.01. The number of hydrogen-bond donors (Lipinski definition) is 0. The minimum absolute atomic E-state index is 0.720. The fourth-order valence-corrected chi connectivity index (χ4v) is 1.99. The number of aryl methyl sites for hydroxylation is 2. The van der Waals surface area contributed by atoms with Crippen molar-refractivity contribution in [3.05, 3.63) is 71.6 Å². The monoisotopic (exact) mass is 292 g/mol. The highest BCUT2D eigenvalue weighted by atomic mass is 16.3. The zero-order valence-electron chi connectivity index (χ0n) is 12.5. The van der Waals surface area contributed by atoms with Gasteiger partial charge in [-0.05, 0) is 50.2 Å². The Morgan fingerprint density at radius 1 is 0.682 bits per heavy atom. The second-order valence-electron chi connectivity index (χ2n) is 4.90. The van der Waals surface area contributed by atoms with E-state index in [1.165, 1.54) is 0 Å². The van der Waals surface area contributed by atoms with Crippen LogP contribution in [0.5, 0.6) is 0 Å². The van der Waals surface area contributed by atoms with E-state index in [0.29, 0.717) is 0 Å². The molecule has 0 unspecified atom stereocenters. The van der Waals surface area contributed by atoms with Crippen molar-refractivity contribution in [1.82, 2.24) is 0 Å². The van der Waals surface area contributed by atoms with Crippen LogP contribution in [0.15, 0.2) is 67.4 Å². The molecule has 0 amide bonds. The molecule has 0 aliphatic carbocycles. The average molecular weight is 292 g/mol. The van der Waals surface area contributed by atoms with Crippen LogP contribution >= 0.6 is 0 Å². The van der Waals surface area contributed by atoms with Crippen LogP contribution in [-0.4, -0.2) is 12.4 Å². The van der Waals surface area contributed by atoms with Crippen LogP contribution in [0.25, 0.3) is 0 Å². The van der Waals surface area contributed by atoms with Gasteiger partial charge in [-0.1, -0.05) is 12.1 Å². The van der Waals surface area contributed by atoms with E-state index in [-0.39, 0.29) is 0 Å². The zero-order chi connectivity index (χ0) is 15.4. The average Bonchev–Trinajstić information content (AvgIpc) is 3.12. The van der Waals surface area contributed by atoms with E-state index in [4.69, 9.17) is 8.83 Å². The Balaban J connectivity index is 1.83. The van der Waals surface area contributed by atoms with E-state index in [2.05, 4.69) is 9.98 Å². The molecule has 3 rings (SSSR count). The molecule has 0 N–H and O–H groups in total. The fourth-order valence-electron chi connectivity index (χ4n) is 1.99. The zero-order valence-corrected chi connectivity index (χ0v) is 12.5. The van der Waals surface area contributed by atoms with Crippen molar-refractivity contribution in [2.24, 2.45) is 9.98 Å². The minimum atomic E-state index is 0.720. The Bertz CT molecular complexity index is 756. The molecule has 0 fully saturated rings. The van der Waals surface area contributed by atoms with Gasteiger partial charge in [0.2, 0.25) is 0 Å². The smallest absolute Gasteiger partial charge is 0.145 e. The molecule has 0 saturated carbocycles. The van der Waals surface area contributed by atoms with Crippen molar-refractivity contribution in [3.8, 4) is 0 Å². The quantitative estimate of drug-likeness (QED) is 0.636. The molecule has 22 heavy (non-hydrogen) atoms. The summed E-state index contributed by atoms with van der Waals surface area (Å²) >= 11 is 0. The molecule has 1 aromatic carbocycles. The lowest BCUT2D eigenvalue weighted by Gasteiger charge is -1.98. The summed E-state index contributed by atoms with van der Waals surface area (Å²) in [4.78, 5) is 8.89. The van der Waals surface area contributed by atoms with Gasteiger partial charge in [-0.25, -0.2) is 0 Å². The van der Waals surface area contributed by atoms with Gasteiger partial charge in [0, 0.05) is 0 Å². The van der Waals surface area contributed by atoms with Crippen molar-refractivity contribution in [1.29, 1.82) is 0 Å². The van der Waals surface area contributed by atoms with Gasteiger partial charge < -0.3 is 8.83 Å². The first-order chi connectivity index (χ1) is 10.7. The molecule has 0 bridgehead atoms. The number of benzene rings is 1. The van der Waals surface area contributed by atoms with E-state index in [9.17, 15) is 0 Å². The number of nitrogens with zero attached hydrogens (tertiary/aromatic N) is 2. The lowest BCUT2D eigenvalue weighted by Crippen LogP contribution is -1.77. The summed E-state index contributed by atoms with van der Waals surface area (Å²) in [6.07, 6.45) is 3.39. The third-order valence-corrected chi connectivity index (χ3v) is 3.07. The van der Waals surface area contributed by atoms with Gasteiger partial charge >= 0.3 is 0 Å². The molecule has 4 nitrogen and oxygen atoms in total. The van der Waals surface area contributed by atoms with Crippen LogP contribution in [0.1, 0.15) is 23.0 Å². The lowest BCUT2D eigenvalue weighted by atomic mass is 10.3. The van der Waals surface area contributed by atoms with Gasteiger partial charge in [0.25, 0.3) is 0 Å². The summed E-state index contributed by atoms with van der Waals surface area (Å²) in [6.45, 7) is 3.81. The Labute approximate surface area is 128 Å². The maximum atomic E-state index is 5.47. The molecule has 0 atom stereocenters. The number of aliphatic imine (C=N–C) groups is 2. The number of furan rings is 2. The topological polar surface area (TPSA) is 51.0 Å². The van der Waals surface area contributed by atoms with Gasteiger partial charge in [-0.2, -0.15) is 0 Å². The number of para-hydroxylation sites is 2. The first kappa shape index (κ1) is 14.1. The van der Waals surface area contributed by atoms with E-state index in [1.54, 1.807) is 12.4 Å². The van der Waals surface area contributed by atoms with Crippen LogP contribution in [0, 0.1) is 13.8 Å². The molecule has 0 aliphatic heterocycles. The molecular weight excluding hydrogens is 276 g/mol. The molecular formula is C18H16N2O2. The second kappa shape index (κ2) is 6.26. The lowest BCUT2D eigenvalue weighted by molar-refractivity contribution is 0.527. The van der Waals surface area contributed by atoms with Crippen molar-refractivity contribution in [2.45, 2.75) is 13.8 Å². The third kappa shape index (κ3) is 3.41. The first-order valence-corrected chi connectivity index (χ1v) is 7.01. The standard InChI is InChI=1S/C18H16N2O2/c1-13-7-9-15(21-13)11-19-17-5-3-4-6-18(17)20-12-16-10-8-14(2)22-16/h3-12H,1-2H3/b19-11-,20-12+. The Kier molecular flexibility index (Phi) is 4.01. The molecule has 2 aromatic heterocycles. The SMILES string of the molecule is Cc1ccc(/C=N\c2ccccc2/N=C/c2ccc(C)o2)o1. The van der Waals surface area contributed by atoms with E-state index < -0.39 is 0 Å². The van der Waals surface area contributed by atoms with Crippen molar-refractivity contribution < 1.29 is 8.83 Å². The number of rotatable bonds is 4. The molecule has 0 saturated heterocycles. The highest BCUT2D eigenvalue weighted by Crippen LogP contribution is 2.27. The van der Waals surface area contributed by atoms with Crippen LogP contribution in [0.2, 0.25) is 0 Å². The summed E-state index contributed by atoms with van der Waals surface area (Å²) in [5.41, 5.74) is 1.55. The molecule has 0 aliphatic rings. The van der Waals surface area contributed by atoms with Gasteiger partial charge in [-0.3, -0.25) is 9.98 Å². The predicted octanol–water partition coefficient (Wildman–Crippen LogP) is 4.99. The fraction of sp³-hybridized carbons (Fsp3) is 0.111.